The maximum Gasteiger partial charge on any atom is 0.0647 e. The Morgan fingerprint density at radius 3 is 1.51 bits per heavy atom. The summed E-state index contributed by atoms with van der Waals surface area (Å²) in [5.74, 6) is 0. The fourth-order valence-electron chi connectivity index (χ4n) is 9.61. The molecule has 0 fully saturated rings. The van der Waals surface area contributed by atoms with Crippen molar-refractivity contribution in [2.45, 2.75) is 13.3 Å². The highest BCUT2D eigenvalue weighted by Gasteiger charge is 2.25. The summed E-state index contributed by atoms with van der Waals surface area (Å²) in [6, 6.07) is 73.3. The number of hydrogen-bond acceptors (Lipinski definition) is 2. The van der Waals surface area contributed by atoms with Gasteiger partial charge in [0.2, 0.25) is 0 Å². The summed E-state index contributed by atoms with van der Waals surface area (Å²) < 4.78 is 7.60. The van der Waals surface area contributed by atoms with Crippen molar-refractivity contribution in [3.8, 4) is 33.6 Å². The normalized spacial score (nSPS) is 11.8. The van der Waals surface area contributed by atoms with E-state index in [0.29, 0.717) is 0 Å². The molecule has 3 aromatic heterocycles. The summed E-state index contributed by atoms with van der Waals surface area (Å²) in [6.45, 7) is 2.08. The van der Waals surface area contributed by atoms with Crippen molar-refractivity contribution in [2.24, 2.45) is 0 Å². The van der Waals surface area contributed by atoms with Gasteiger partial charge in [0.25, 0.3) is 0 Å². The molecule has 2 nitrogen and oxygen atoms in total. The number of aromatic nitrogens is 2. The highest BCUT2D eigenvalue weighted by Crippen LogP contribution is 2.46. The minimum absolute atomic E-state index is 0.919. The van der Waals surface area contributed by atoms with Gasteiger partial charge >= 0.3 is 0 Å². The van der Waals surface area contributed by atoms with Gasteiger partial charge in [0.05, 0.1) is 38.1 Å². The van der Waals surface area contributed by atoms with E-state index >= 15 is 0 Å². The van der Waals surface area contributed by atoms with Crippen LogP contribution in [-0.2, 0) is 6.42 Å². The van der Waals surface area contributed by atoms with E-state index in [1.165, 1.54) is 114 Å². The van der Waals surface area contributed by atoms with Crippen LogP contribution < -0.4 is 0 Å². The second-order valence-corrected chi connectivity index (χ2v) is 16.8. The van der Waals surface area contributed by atoms with Gasteiger partial charge < -0.3 is 9.13 Å². The summed E-state index contributed by atoms with van der Waals surface area (Å²) in [7, 11) is 0. The van der Waals surface area contributed by atoms with Crippen molar-refractivity contribution in [3.63, 3.8) is 0 Å². The van der Waals surface area contributed by atoms with Gasteiger partial charge in [-0.05, 0) is 101 Å². The van der Waals surface area contributed by atoms with Gasteiger partial charge in [-0.3, -0.25) is 0 Å². The number of hydrogen-bond donors (Lipinski definition) is 1. The lowest BCUT2D eigenvalue weighted by atomic mass is 9.96. The summed E-state index contributed by atoms with van der Waals surface area (Å²) in [5.41, 5.74) is 16.7. The van der Waals surface area contributed by atoms with Crippen molar-refractivity contribution in [1.29, 1.82) is 0 Å². The highest BCUT2D eigenvalue weighted by molar-refractivity contribution is 7.79. The second kappa shape index (κ2) is 15.3. The van der Waals surface area contributed by atoms with Crippen LogP contribution in [0.1, 0.15) is 16.7 Å². The topological polar surface area (TPSA) is 9.86 Å². The lowest BCUT2D eigenvalue weighted by Gasteiger charge is -2.14. The molecule has 61 heavy (non-hydrogen) atoms. The Bertz CT molecular complexity index is 3500. The molecule has 0 spiro atoms. The molecule has 4 heteroatoms. The summed E-state index contributed by atoms with van der Waals surface area (Å²) >= 11 is 5.42. The van der Waals surface area contributed by atoms with Crippen molar-refractivity contribution in [3.05, 3.63) is 217 Å². The van der Waals surface area contributed by atoms with Crippen LogP contribution in [0.4, 0.5) is 0 Å². The van der Waals surface area contributed by atoms with Crippen LogP contribution in [0.25, 0.3) is 97.4 Å². The first-order valence-corrected chi connectivity index (χ1v) is 22.5. The van der Waals surface area contributed by atoms with E-state index in [9.17, 15) is 0 Å². The molecule has 9 aromatic carbocycles. The number of benzene rings is 9. The Morgan fingerprint density at radius 1 is 0.410 bits per heavy atom. The molecule has 0 unspecified atom stereocenters. The highest BCUT2D eigenvalue weighted by atomic mass is 32.1. The summed E-state index contributed by atoms with van der Waals surface area (Å²) in [6.07, 6.45) is 2.61. The third kappa shape index (κ3) is 6.09. The minimum Gasteiger partial charge on any atom is -0.309 e. The predicted octanol–water partition coefficient (Wildman–Crippen LogP) is 16.0. The summed E-state index contributed by atoms with van der Waals surface area (Å²) in [5, 5.41) is 7.78. The number of nitrogens with zero attached hydrogens (tertiary/aromatic N) is 2. The van der Waals surface area contributed by atoms with E-state index in [2.05, 4.69) is 211 Å². The van der Waals surface area contributed by atoms with Crippen molar-refractivity contribution in [2.75, 3.05) is 6.26 Å². The largest absolute Gasteiger partial charge is 0.309 e. The zero-order chi connectivity index (χ0) is 41.0. The van der Waals surface area contributed by atoms with Gasteiger partial charge in [0.1, 0.15) is 0 Å². The Hall–Kier alpha value is -6.85. The van der Waals surface area contributed by atoms with Crippen LogP contribution in [0.3, 0.4) is 0 Å². The molecule has 12 aromatic rings. The maximum atomic E-state index is 3.53. The fraction of sp³-hybridized carbons (Fsp3) is 0.0526. The van der Waals surface area contributed by atoms with Gasteiger partial charge in [-0.25, -0.2) is 0 Å². The van der Waals surface area contributed by atoms with E-state index in [0.717, 1.165) is 6.42 Å². The Labute approximate surface area is 365 Å². The second-order valence-electron chi connectivity index (χ2n) is 15.7. The molecular weight excluding hydrogens is 777 g/mol. The zero-order valence-corrected chi connectivity index (χ0v) is 35.7. The molecule has 0 aliphatic heterocycles. The molecule has 292 valence electrons. The smallest absolute Gasteiger partial charge is 0.0647 e. The van der Waals surface area contributed by atoms with Gasteiger partial charge in [0.15, 0.2) is 0 Å². The average Bonchev–Trinajstić information content (AvgIpc) is 4.08. The number of aryl methyl sites for hydroxylation is 1. The molecule has 0 bridgehead atoms. The van der Waals surface area contributed by atoms with Crippen LogP contribution in [0.2, 0.25) is 0 Å². The number of rotatable bonds is 3. The van der Waals surface area contributed by atoms with Crippen LogP contribution in [0, 0.1) is 6.92 Å². The van der Waals surface area contributed by atoms with E-state index in [4.69, 9.17) is 0 Å². The molecule has 1 aliphatic rings. The van der Waals surface area contributed by atoms with Gasteiger partial charge in [-0.1, -0.05) is 151 Å². The first-order valence-electron chi connectivity index (χ1n) is 20.8. The maximum absolute atomic E-state index is 3.53. The first-order chi connectivity index (χ1) is 30.2. The molecular formula is C57H42N2S2. The number of fused-ring (bicyclic) bond motifs is 12. The number of thiophene rings is 1. The first kappa shape index (κ1) is 37.2. The standard InChI is InChI=1S/C49H30N2S.C7H8.CH4S/c1-6-18-42-34(12-1)35-13-2-7-19-43(35)50(42)46-22-11-17-33-39-26-30(24-25-31(39)27-40(33)46)32-28-41-38-16-5-10-23-48(38)52-49(41)47(29-32)51-44-20-8-3-14-36(44)37-15-4-9-21-45(37)51;1-7-5-3-2-4-6-7;1-2/h1-26,28-29H,27H2;2-6H,1H3;2H,1H3. The molecule has 3 heterocycles. The van der Waals surface area contributed by atoms with Crippen LogP contribution in [-0.4, -0.2) is 15.4 Å². The third-order valence-corrected chi connectivity index (χ3v) is 13.5. The quantitative estimate of drug-likeness (QED) is 0.170. The Morgan fingerprint density at radius 2 is 0.934 bits per heavy atom. The number of thiol groups is 1. The van der Waals surface area contributed by atoms with E-state index < -0.39 is 0 Å². The molecule has 0 saturated carbocycles. The Kier molecular flexibility index (Phi) is 9.33. The zero-order valence-electron chi connectivity index (χ0n) is 34.0. The van der Waals surface area contributed by atoms with Crippen LogP contribution in [0.15, 0.2) is 200 Å². The van der Waals surface area contributed by atoms with Crippen molar-refractivity contribution < 1.29 is 0 Å². The minimum atomic E-state index is 0.919. The lowest BCUT2D eigenvalue weighted by Crippen LogP contribution is -1.98. The predicted molar refractivity (Wildman–Crippen MR) is 268 cm³/mol. The molecule has 0 saturated heterocycles. The average molecular weight is 819 g/mol. The Balaban J connectivity index is 0.000000423. The SMILES string of the molecule is CS.Cc1ccccc1.c1cc2c(c(-n3c4ccccc4c4ccccc43)c1)Cc1ccc(-c3cc(-n4c5ccccc5c5ccccc54)c4sc5ccccc5c4c3)cc1-2. The fourth-order valence-corrected chi connectivity index (χ4v) is 10.8. The molecule has 0 radical (unpaired) electrons. The monoisotopic (exact) mass is 818 g/mol. The molecule has 1 aliphatic carbocycles. The van der Waals surface area contributed by atoms with Crippen molar-refractivity contribution in [1.82, 2.24) is 9.13 Å². The van der Waals surface area contributed by atoms with Crippen molar-refractivity contribution >= 4 is 87.7 Å². The summed E-state index contributed by atoms with van der Waals surface area (Å²) in [4.78, 5) is 0. The molecule has 0 atom stereocenters. The van der Waals surface area contributed by atoms with Crippen LogP contribution in [0.5, 0.6) is 0 Å². The third-order valence-electron chi connectivity index (χ3n) is 12.3. The van der Waals surface area contributed by atoms with Gasteiger partial charge in [0, 0.05) is 43.4 Å². The van der Waals surface area contributed by atoms with Gasteiger partial charge in [-0.2, -0.15) is 12.6 Å². The molecule has 0 amide bonds. The van der Waals surface area contributed by atoms with E-state index in [-0.39, 0.29) is 0 Å². The molecule has 13 rings (SSSR count). The lowest BCUT2D eigenvalue weighted by molar-refractivity contribution is 1.12. The number of para-hydroxylation sites is 4. The van der Waals surface area contributed by atoms with Crippen LogP contribution >= 0.6 is 24.0 Å². The van der Waals surface area contributed by atoms with Gasteiger partial charge in [-0.15, -0.1) is 11.3 Å². The molecule has 0 N–H and O–H groups in total. The van der Waals surface area contributed by atoms with E-state index in [1.807, 2.05) is 29.5 Å². The van der Waals surface area contributed by atoms with E-state index in [1.54, 1.807) is 6.26 Å².